The second-order valence-electron chi connectivity index (χ2n) is 7.68. The molecule has 2 heterocycles. The molecule has 4 rings (SSSR count). The Morgan fingerprint density at radius 2 is 1.96 bits per heavy atom. The van der Waals surface area contributed by atoms with Gasteiger partial charge in [0.2, 0.25) is 0 Å². The summed E-state index contributed by atoms with van der Waals surface area (Å²) in [5.41, 5.74) is 1.77. The molecule has 0 unspecified atom stereocenters. The minimum absolute atomic E-state index is 0.0921. The number of carbonyl (C=O) groups is 1. The summed E-state index contributed by atoms with van der Waals surface area (Å²) in [4.78, 5) is 15.0. The van der Waals surface area contributed by atoms with E-state index in [2.05, 4.69) is 5.32 Å². The van der Waals surface area contributed by atoms with Gasteiger partial charge in [0, 0.05) is 13.1 Å². The van der Waals surface area contributed by atoms with Gasteiger partial charge < -0.3 is 20.1 Å². The van der Waals surface area contributed by atoms with Crippen molar-refractivity contribution in [2.24, 2.45) is 5.92 Å². The first-order valence-corrected chi connectivity index (χ1v) is 9.69. The number of nitrogens with zero attached hydrogens (tertiary/aromatic N) is 1. The van der Waals surface area contributed by atoms with E-state index in [1.807, 2.05) is 23.1 Å². The summed E-state index contributed by atoms with van der Waals surface area (Å²) in [6.07, 6.45) is 5.44. The number of aliphatic hydroxyl groups excluding tert-OH is 1. The maximum Gasteiger partial charge on any atom is 0.258 e. The van der Waals surface area contributed by atoms with Gasteiger partial charge in [0.05, 0.1) is 11.7 Å². The summed E-state index contributed by atoms with van der Waals surface area (Å²) in [5, 5.41) is 13.6. The normalized spacial score (nSPS) is 27.4. The molecule has 0 bridgehead atoms. The zero-order valence-corrected chi connectivity index (χ0v) is 14.7. The van der Waals surface area contributed by atoms with Gasteiger partial charge in [0.15, 0.2) is 0 Å². The van der Waals surface area contributed by atoms with E-state index in [0.717, 1.165) is 63.7 Å². The molecule has 0 spiro atoms. The average molecular weight is 344 g/mol. The molecule has 2 N–H and O–H groups in total. The molecule has 1 saturated carbocycles. The first kappa shape index (κ1) is 16.9. The molecule has 2 fully saturated rings. The molecular weight excluding hydrogens is 316 g/mol. The number of carbonyl (C=O) groups excluding carboxylic acids is 1. The summed E-state index contributed by atoms with van der Waals surface area (Å²) >= 11 is 0. The minimum Gasteiger partial charge on any atom is -0.487 e. The molecule has 1 aromatic rings. The maximum atomic E-state index is 13.0. The number of rotatable bonds is 4. The molecule has 1 amide bonds. The van der Waals surface area contributed by atoms with Crippen LogP contribution in [0.4, 0.5) is 0 Å². The smallest absolute Gasteiger partial charge is 0.258 e. The van der Waals surface area contributed by atoms with Crippen molar-refractivity contribution in [1.29, 1.82) is 0 Å². The van der Waals surface area contributed by atoms with E-state index < -0.39 is 6.10 Å². The Labute approximate surface area is 149 Å². The number of hydrogen-bond donors (Lipinski definition) is 2. The zero-order valence-electron chi connectivity index (χ0n) is 14.7. The van der Waals surface area contributed by atoms with E-state index in [0.29, 0.717) is 23.8 Å². The fourth-order valence-electron chi connectivity index (χ4n) is 4.39. The van der Waals surface area contributed by atoms with Crippen LogP contribution in [-0.2, 0) is 6.54 Å². The lowest BCUT2D eigenvalue weighted by atomic mass is 9.94. The van der Waals surface area contributed by atoms with Crippen LogP contribution in [0.3, 0.4) is 0 Å². The van der Waals surface area contributed by atoms with Gasteiger partial charge >= 0.3 is 0 Å². The molecule has 25 heavy (non-hydrogen) atoms. The van der Waals surface area contributed by atoms with Gasteiger partial charge in [-0.3, -0.25) is 4.79 Å². The summed E-state index contributed by atoms with van der Waals surface area (Å²) in [5.74, 6) is 1.33. The van der Waals surface area contributed by atoms with E-state index in [9.17, 15) is 9.90 Å². The van der Waals surface area contributed by atoms with Crippen LogP contribution in [0.5, 0.6) is 5.75 Å². The van der Waals surface area contributed by atoms with E-state index in [-0.39, 0.29) is 12.0 Å². The number of nitrogens with one attached hydrogen (secondary N) is 1. The molecule has 2 aliphatic heterocycles. The van der Waals surface area contributed by atoms with E-state index in [4.69, 9.17) is 4.74 Å². The number of fused-ring (bicyclic) bond motifs is 1. The van der Waals surface area contributed by atoms with Gasteiger partial charge in [-0.15, -0.1) is 0 Å². The van der Waals surface area contributed by atoms with Crippen LogP contribution in [0.15, 0.2) is 18.2 Å². The SMILES string of the molecule is O=C1c2c(cccc2O[C@H]2CCCC[C@@H]2O)CN1CC1CCNCC1. The average Bonchev–Trinajstić information content (AvgIpc) is 2.95. The largest absolute Gasteiger partial charge is 0.487 e. The lowest BCUT2D eigenvalue weighted by molar-refractivity contribution is 0.00635. The summed E-state index contributed by atoms with van der Waals surface area (Å²) < 4.78 is 6.11. The van der Waals surface area contributed by atoms with Crippen LogP contribution in [-0.4, -0.2) is 47.8 Å². The molecule has 1 aliphatic carbocycles. The highest BCUT2D eigenvalue weighted by Gasteiger charge is 2.34. The molecule has 3 aliphatic rings. The summed E-state index contributed by atoms with van der Waals surface area (Å²) in [7, 11) is 0. The Balaban J connectivity index is 1.48. The quantitative estimate of drug-likeness (QED) is 0.880. The zero-order chi connectivity index (χ0) is 17.2. The Kier molecular flexibility index (Phi) is 4.95. The third kappa shape index (κ3) is 3.53. The lowest BCUT2D eigenvalue weighted by Gasteiger charge is -2.29. The van der Waals surface area contributed by atoms with Crippen LogP contribution < -0.4 is 10.1 Å². The first-order chi connectivity index (χ1) is 12.2. The second-order valence-corrected chi connectivity index (χ2v) is 7.68. The number of aliphatic hydroxyl groups is 1. The number of benzene rings is 1. The third-order valence-corrected chi connectivity index (χ3v) is 5.86. The van der Waals surface area contributed by atoms with Crippen LogP contribution in [0.1, 0.15) is 54.4 Å². The molecule has 5 nitrogen and oxygen atoms in total. The molecule has 0 radical (unpaired) electrons. The summed E-state index contributed by atoms with van der Waals surface area (Å²) in [6.45, 7) is 3.62. The predicted molar refractivity (Wildman–Crippen MR) is 95.7 cm³/mol. The minimum atomic E-state index is -0.424. The topological polar surface area (TPSA) is 61.8 Å². The van der Waals surface area contributed by atoms with E-state index in [1.54, 1.807) is 0 Å². The van der Waals surface area contributed by atoms with Crippen LogP contribution in [0.2, 0.25) is 0 Å². The third-order valence-electron chi connectivity index (χ3n) is 5.86. The van der Waals surface area contributed by atoms with Gasteiger partial charge in [0.1, 0.15) is 11.9 Å². The van der Waals surface area contributed by atoms with Gasteiger partial charge in [-0.25, -0.2) is 0 Å². The van der Waals surface area contributed by atoms with Crippen LogP contribution in [0.25, 0.3) is 0 Å². The van der Waals surface area contributed by atoms with Crippen molar-refractivity contribution < 1.29 is 14.6 Å². The van der Waals surface area contributed by atoms with Crippen LogP contribution in [0, 0.1) is 5.92 Å². The van der Waals surface area contributed by atoms with Crippen molar-refractivity contribution in [1.82, 2.24) is 10.2 Å². The highest BCUT2D eigenvalue weighted by atomic mass is 16.5. The highest BCUT2D eigenvalue weighted by molar-refractivity contribution is 6.01. The first-order valence-electron chi connectivity index (χ1n) is 9.69. The van der Waals surface area contributed by atoms with Gasteiger partial charge in [-0.1, -0.05) is 18.6 Å². The molecule has 136 valence electrons. The Bertz CT molecular complexity index is 627. The van der Waals surface area contributed by atoms with Crippen molar-refractivity contribution >= 4 is 5.91 Å². The Morgan fingerprint density at radius 3 is 2.76 bits per heavy atom. The lowest BCUT2D eigenvalue weighted by Crippen LogP contribution is -2.37. The molecule has 1 aromatic carbocycles. The summed E-state index contributed by atoms with van der Waals surface area (Å²) in [6, 6.07) is 5.87. The Morgan fingerprint density at radius 1 is 1.16 bits per heavy atom. The fraction of sp³-hybridized carbons (Fsp3) is 0.650. The molecule has 5 heteroatoms. The Hall–Kier alpha value is -1.59. The standard InChI is InChI=1S/C20H28N2O3/c23-16-5-1-2-6-17(16)25-18-7-3-4-15-13-22(20(24)19(15)18)12-14-8-10-21-11-9-14/h3-4,7,14,16-17,21,23H,1-2,5-6,8-13H2/t16-,17-/m0/s1. The van der Waals surface area contributed by atoms with Gasteiger partial charge in [-0.2, -0.15) is 0 Å². The fourth-order valence-corrected chi connectivity index (χ4v) is 4.39. The highest BCUT2D eigenvalue weighted by Crippen LogP contribution is 2.34. The van der Waals surface area contributed by atoms with Crippen molar-refractivity contribution in [3.63, 3.8) is 0 Å². The van der Waals surface area contributed by atoms with Crippen molar-refractivity contribution in [3.8, 4) is 5.75 Å². The number of amides is 1. The number of piperidine rings is 1. The molecule has 2 atom stereocenters. The second kappa shape index (κ2) is 7.34. The van der Waals surface area contributed by atoms with Crippen molar-refractivity contribution in [2.45, 2.75) is 57.3 Å². The molecular formula is C20H28N2O3. The number of hydrogen-bond acceptors (Lipinski definition) is 4. The van der Waals surface area contributed by atoms with Gasteiger partial charge in [-0.05, 0) is 62.7 Å². The van der Waals surface area contributed by atoms with E-state index in [1.165, 1.54) is 0 Å². The predicted octanol–water partition coefficient (Wildman–Crippen LogP) is 2.32. The molecule has 0 aromatic heterocycles. The maximum absolute atomic E-state index is 13.0. The number of ether oxygens (including phenoxy) is 1. The molecule has 1 saturated heterocycles. The monoisotopic (exact) mass is 344 g/mol. The van der Waals surface area contributed by atoms with E-state index >= 15 is 0 Å². The van der Waals surface area contributed by atoms with Crippen LogP contribution >= 0.6 is 0 Å². The van der Waals surface area contributed by atoms with Crippen molar-refractivity contribution in [3.05, 3.63) is 29.3 Å². The van der Waals surface area contributed by atoms with Gasteiger partial charge in [0.25, 0.3) is 5.91 Å². The van der Waals surface area contributed by atoms with Crippen molar-refractivity contribution in [2.75, 3.05) is 19.6 Å².